The highest BCUT2D eigenvalue weighted by molar-refractivity contribution is 9.10. The van der Waals surface area contributed by atoms with E-state index in [0.29, 0.717) is 38.7 Å². The molecule has 0 atom stereocenters. The maximum Gasteiger partial charge on any atom is 0.307 e. The standard InChI is InChI=1S/C25H20BrClN2O4/c1-15-4-3-5-16(8-15)14-32-24-20(26)9-17(10-22(24)31-2)13-28-29-25(30)23-12-18-11-19(27)6-7-21(18)33-23/h3-13H,14H2,1-2H3,(H,29,30)/b28-13+. The average molecular weight is 528 g/mol. The lowest BCUT2D eigenvalue weighted by atomic mass is 10.1. The van der Waals surface area contributed by atoms with Gasteiger partial charge >= 0.3 is 5.91 Å². The molecule has 6 nitrogen and oxygen atoms in total. The fraction of sp³-hybridized carbons (Fsp3) is 0.120. The number of hydrogen-bond donors (Lipinski definition) is 1. The Morgan fingerprint density at radius 3 is 2.82 bits per heavy atom. The van der Waals surface area contributed by atoms with Crippen LogP contribution in [0.4, 0.5) is 0 Å². The van der Waals surface area contributed by atoms with Crippen LogP contribution in [-0.4, -0.2) is 19.2 Å². The third-order valence-corrected chi connectivity index (χ3v) is 5.62. The molecule has 0 radical (unpaired) electrons. The van der Waals surface area contributed by atoms with E-state index in [1.165, 1.54) is 11.8 Å². The van der Waals surface area contributed by atoms with Crippen LogP contribution >= 0.6 is 27.5 Å². The van der Waals surface area contributed by atoms with E-state index in [0.717, 1.165) is 10.9 Å². The van der Waals surface area contributed by atoms with Gasteiger partial charge in [-0.2, -0.15) is 5.10 Å². The number of hydrogen-bond acceptors (Lipinski definition) is 5. The van der Waals surface area contributed by atoms with Crippen molar-refractivity contribution in [1.82, 2.24) is 5.43 Å². The van der Waals surface area contributed by atoms with E-state index < -0.39 is 5.91 Å². The number of nitrogens with one attached hydrogen (secondary N) is 1. The predicted octanol–water partition coefficient (Wildman–Crippen LogP) is 6.51. The summed E-state index contributed by atoms with van der Waals surface area (Å²) in [5.41, 5.74) is 5.97. The van der Waals surface area contributed by atoms with Crippen molar-refractivity contribution in [2.45, 2.75) is 13.5 Å². The largest absolute Gasteiger partial charge is 0.493 e. The summed E-state index contributed by atoms with van der Waals surface area (Å²) in [6.07, 6.45) is 1.51. The van der Waals surface area contributed by atoms with Crippen LogP contribution in [0.3, 0.4) is 0 Å². The summed E-state index contributed by atoms with van der Waals surface area (Å²) < 4.78 is 17.7. The van der Waals surface area contributed by atoms with Crippen LogP contribution in [0.1, 0.15) is 27.2 Å². The van der Waals surface area contributed by atoms with Crippen molar-refractivity contribution in [2.75, 3.05) is 7.11 Å². The Balaban J connectivity index is 1.44. The van der Waals surface area contributed by atoms with Gasteiger partial charge in [-0.25, -0.2) is 5.43 Å². The Labute approximate surface area is 204 Å². The van der Waals surface area contributed by atoms with Gasteiger partial charge in [0.25, 0.3) is 0 Å². The summed E-state index contributed by atoms with van der Waals surface area (Å²) in [6.45, 7) is 2.44. The molecule has 168 valence electrons. The van der Waals surface area contributed by atoms with Gasteiger partial charge in [0.1, 0.15) is 12.2 Å². The molecule has 0 spiro atoms. The average Bonchev–Trinajstić information content (AvgIpc) is 3.21. The van der Waals surface area contributed by atoms with Gasteiger partial charge in [-0.15, -0.1) is 0 Å². The number of rotatable bonds is 7. The van der Waals surface area contributed by atoms with Crippen LogP contribution in [0.15, 0.2) is 74.7 Å². The highest BCUT2D eigenvalue weighted by Crippen LogP contribution is 2.37. The van der Waals surface area contributed by atoms with Crippen molar-refractivity contribution >= 4 is 50.6 Å². The summed E-state index contributed by atoms with van der Waals surface area (Å²) in [7, 11) is 1.57. The number of carbonyl (C=O) groups is 1. The number of halogens is 2. The van der Waals surface area contributed by atoms with E-state index >= 15 is 0 Å². The van der Waals surface area contributed by atoms with Crippen molar-refractivity contribution in [2.24, 2.45) is 5.10 Å². The van der Waals surface area contributed by atoms with Crippen LogP contribution in [-0.2, 0) is 6.61 Å². The Bertz CT molecular complexity index is 1350. The Morgan fingerprint density at radius 1 is 1.18 bits per heavy atom. The monoisotopic (exact) mass is 526 g/mol. The molecule has 3 aromatic carbocycles. The first-order valence-corrected chi connectivity index (χ1v) is 11.2. The molecular weight excluding hydrogens is 508 g/mol. The van der Waals surface area contributed by atoms with Crippen LogP contribution in [0.2, 0.25) is 5.02 Å². The van der Waals surface area contributed by atoms with Gasteiger partial charge in [0.05, 0.1) is 17.8 Å². The third-order valence-electron chi connectivity index (χ3n) is 4.80. The number of carbonyl (C=O) groups excluding carboxylic acids is 1. The number of hydrazone groups is 1. The molecule has 1 heterocycles. The Hall–Kier alpha value is -3.29. The van der Waals surface area contributed by atoms with Gasteiger partial charge in [0, 0.05) is 10.4 Å². The minimum atomic E-state index is -0.470. The van der Waals surface area contributed by atoms with Crippen molar-refractivity contribution in [3.05, 3.63) is 92.6 Å². The van der Waals surface area contributed by atoms with Gasteiger partial charge in [0.2, 0.25) is 0 Å². The molecule has 0 bridgehead atoms. The van der Waals surface area contributed by atoms with E-state index in [9.17, 15) is 4.79 Å². The summed E-state index contributed by atoms with van der Waals surface area (Å²) in [6, 6.07) is 18.5. The lowest BCUT2D eigenvalue weighted by Crippen LogP contribution is -2.16. The molecule has 0 aliphatic carbocycles. The SMILES string of the molecule is COc1cc(/C=N/NC(=O)c2cc3cc(Cl)ccc3o2)cc(Br)c1OCc1cccc(C)c1. The highest BCUT2D eigenvalue weighted by atomic mass is 79.9. The molecule has 1 amide bonds. The number of furan rings is 1. The number of amides is 1. The molecule has 4 aromatic rings. The zero-order chi connectivity index (χ0) is 23.4. The maximum absolute atomic E-state index is 12.4. The number of methoxy groups -OCH3 is 1. The number of aryl methyl sites for hydroxylation is 1. The van der Waals surface area contributed by atoms with Gasteiger partial charge < -0.3 is 13.9 Å². The summed E-state index contributed by atoms with van der Waals surface area (Å²) in [5.74, 6) is 0.797. The lowest BCUT2D eigenvalue weighted by molar-refractivity contribution is 0.0929. The van der Waals surface area contributed by atoms with E-state index in [1.54, 1.807) is 37.4 Å². The zero-order valence-electron chi connectivity index (χ0n) is 17.9. The van der Waals surface area contributed by atoms with E-state index in [1.807, 2.05) is 31.2 Å². The zero-order valence-corrected chi connectivity index (χ0v) is 20.2. The van der Waals surface area contributed by atoms with Crippen molar-refractivity contribution < 1.29 is 18.7 Å². The van der Waals surface area contributed by atoms with Crippen LogP contribution in [0.25, 0.3) is 11.0 Å². The first kappa shape index (κ1) is 22.9. The topological polar surface area (TPSA) is 73.1 Å². The molecule has 0 saturated heterocycles. The van der Waals surface area contributed by atoms with Gasteiger partial charge in [-0.1, -0.05) is 41.4 Å². The van der Waals surface area contributed by atoms with Crippen molar-refractivity contribution in [3.63, 3.8) is 0 Å². The fourth-order valence-corrected chi connectivity index (χ4v) is 4.01. The number of ether oxygens (including phenoxy) is 2. The summed E-state index contributed by atoms with van der Waals surface area (Å²) >= 11 is 9.51. The Morgan fingerprint density at radius 2 is 2.03 bits per heavy atom. The Kier molecular flexibility index (Phi) is 7.01. The first-order valence-electron chi connectivity index (χ1n) is 10.0. The van der Waals surface area contributed by atoms with Crippen LogP contribution in [0.5, 0.6) is 11.5 Å². The number of benzene rings is 3. The molecular formula is C25H20BrClN2O4. The summed E-state index contributed by atoms with van der Waals surface area (Å²) in [4.78, 5) is 12.4. The molecule has 0 saturated carbocycles. The van der Waals surface area contributed by atoms with Gasteiger partial charge in [-0.05, 0) is 70.4 Å². The third kappa shape index (κ3) is 5.56. The minimum absolute atomic E-state index is 0.142. The molecule has 33 heavy (non-hydrogen) atoms. The van der Waals surface area contributed by atoms with Crippen LogP contribution < -0.4 is 14.9 Å². The normalized spacial score (nSPS) is 11.2. The van der Waals surface area contributed by atoms with E-state index in [-0.39, 0.29) is 5.76 Å². The maximum atomic E-state index is 12.4. The molecule has 1 aromatic heterocycles. The first-order chi connectivity index (χ1) is 15.9. The lowest BCUT2D eigenvalue weighted by Gasteiger charge is -2.13. The summed E-state index contributed by atoms with van der Waals surface area (Å²) in [5, 5.41) is 5.34. The van der Waals surface area contributed by atoms with Crippen molar-refractivity contribution in [1.29, 1.82) is 0 Å². The highest BCUT2D eigenvalue weighted by Gasteiger charge is 2.13. The molecule has 0 unspecified atom stereocenters. The van der Waals surface area contributed by atoms with Crippen LogP contribution in [0, 0.1) is 6.92 Å². The second-order valence-electron chi connectivity index (χ2n) is 7.30. The number of nitrogens with zero attached hydrogens (tertiary/aromatic N) is 1. The van der Waals surface area contributed by atoms with E-state index in [4.69, 9.17) is 25.5 Å². The number of fused-ring (bicyclic) bond motifs is 1. The molecule has 1 N–H and O–H groups in total. The fourth-order valence-electron chi connectivity index (χ4n) is 3.26. The quantitative estimate of drug-likeness (QED) is 0.220. The second kappa shape index (κ2) is 10.1. The van der Waals surface area contributed by atoms with Gasteiger partial charge in [0.15, 0.2) is 17.3 Å². The van der Waals surface area contributed by atoms with Gasteiger partial charge in [-0.3, -0.25) is 4.79 Å². The molecule has 0 aliphatic rings. The molecule has 4 rings (SSSR count). The predicted molar refractivity (Wildman–Crippen MR) is 132 cm³/mol. The molecule has 0 fully saturated rings. The minimum Gasteiger partial charge on any atom is -0.493 e. The molecule has 0 aliphatic heterocycles. The van der Waals surface area contributed by atoms with E-state index in [2.05, 4.69) is 32.5 Å². The second-order valence-corrected chi connectivity index (χ2v) is 8.59. The van der Waals surface area contributed by atoms with Crippen molar-refractivity contribution in [3.8, 4) is 11.5 Å². The smallest absolute Gasteiger partial charge is 0.307 e. The molecule has 8 heteroatoms.